The molecule has 7 nitrogen and oxygen atoms in total. The summed E-state index contributed by atoms with van der Waals surface area (Å²) in [7, 11) is 1.69. The van der Waals surface area contributed by atoms with Crippen LogP contribution >= 0.6 is 0 Å². The Labute approximate surface area is 210 Å². The van der Waals surface area contributed by atoms with Crippen LogP contribution in [0.2, 0.25) is 0 Å². The van der Waals surface area contributed by atoms with Gasteiger partial charge in [0, 0.05) is 60.3 Å². The molecule has 1 unspecified atom stereocenters. The van der Waals surface area contributed by atoms with E-state index in [4.69, 9.17) is 9.94 Å². The number of nitrogens with one attached hydrogen (secondary N) is 3. The molecule has 2 heterocycles. The van der Waals surface area contributed by atoms with Crippen LogP contribution in [0.15, 0.2) is 60.9 Å². The number of H-pyrrole nitrogens is 2. The summed E-state index contributed by atoms with van der Waals surface area (Å²) in [5, 5.41) is 9.96. The number of hydroxylamine groups is 1. The van der Waals surface area contributed by atoms with Gasteiger partial charge in [-0.2, -0.15) is 0 Å². The molecule has 4 N–H and O–H groups in total. The van der Waals surface area contributed by atoms with E-state index in [2.05, 4.69) is 58.5 Å². The van der Waals surface area contributed by atoms with Gasteiger partial charge < -0.3 is 14.7 Å². The third kappa shape index (κ3) is 5.08. The first-order valence-electron chi connectivity index (χ1n) is 12.3. The fraction of sp³-hybridized carbons (Fsp3) is 0.276. The van der Waals surface area contributed by atoms with Crippen LogP contribution in [0.25, 0.3) is 17.0 Å². The molecular formula is C29H32N4O3. The number of carbonyl (C=O) groups excluding carboxylic acids is 1. The molecule has 1 amide bonds. The Kier molecular flexibility index (Phi) is 6.93. The number of ether oxygens (including phenoxy) is 1. The highest BCUT2D eigenvalue weighted by Crippen LogP contribution is 2.37. The van der Waals surface area contributed by atoms with Crippen LogP contribution in [-0.4, -0.2) is 39.6 Å². The Morgan fingerprint density at radius 2 is 2.08 bits per heavy atom. The lowest BCUT2D eigenvalue weighted by Crippen LogP contribution is -2.29. The first-order valence-corrected chi connectivity index (χ1v) is 12.3. The molecule has 0 spiro atoms. The van der Waals surface area contributed by atoms with E-state index in [9.17, 15) is 4.79 Å². The summed E-state index contributed by atoms with van der Waals surface area (Å²) in [5.41, 5.74) is 10.1. The molecule has 0 saturated heterocycles. The number of carbonyl (C=O) groups is 1. The Balaban J connectivity index is 1.38. The maximum atomic E-state index is 11.4. The van der Waals surface area contributed by atoms with E-state index in [-0.39, 0.29) is 0 Å². The number of aryl methyl sites for hydroxylation is 2. The lowest BCUT2D eigenvalue weighted by Gasteiger charge is -2.29. The van der Waals surface area contributed by atoms with Gasteiger partial charge in [0.25, 0.3) is 5.91 Å². The topological polar surface area (TPSA) is 93.4 Å². The second-order valence-corrected chi connectivity index (χ2v) is 9.47. The minimum atomic E-state index is -0.531. The van der Waals surface area contributed by atoms with Crippen molar-refractivity contribution >= 4 is 22.9 Å². The number of amides is 1. The summed E-state index contributed by atoms with van der Waals surface area (Å²) in [6.45, 7) is 3.90. The molecule has 7 heteroatoms. The molecule has 4 aromatic rings. The number of benzene rings is 2. The number of fused-ring (bicyclic) bond motifs is 2. The Morgan fingerprint density at radius 1 is 1.19 bits per heavy atom. The summed E-state index contributed by atoms with van der Waals surface area (Å²) < 4.78 is 5.37. The van der Waals surface area contributed by atoms with E-state index in [0.717, 1.165) is 49.2 Å². The predicted octanol–water partition coefficient (Wildman–Crippen LogP) is 5.06. The summed E-state index contributed by atoms with van der Waals surface area (Å²) in [6, 6.07) is 15.1. The Hall–Kier alpha value is -3.81. The van der Waals surface area contributed by atoms with Gasteiger partial charge >= 0.3 is 0 Å². The average Bonchev–Trinajstić information content (AvgIpc) is 3.62. The molecule has 2 aromatic carbocycles. The molecule has 36 heavy (non-hydrogen) atoms. The van der Waals surface area contributed by atoms with Crippen LogP contribution < -0.4 is 10.2 Å². The van der Waals surface area contributed by atoms with Crippen LogP contribution in [0, 0.1) is 6.92 Å². The number of hydrogen-bond acceptors (Lipinski definition) is 4. The van der Waals surface area contributed by atoms with Gasteiger partial charge in [-0.3, -0.25) is 14.9 Å². The summed E-state index contributed by atoms with van der Waals surface area (Å²) in [6.07, 6.45) is 10.2. The molecule has 0 saturated carbocycles. The highest BCUT2D eigenvalue weighted by Gasteiger charge is 2.28. The van der Waals surface area contributed by atoms with Crippen molar-refractivity contribution in [3.8, 4) is 5.75 Å². The number of aromatic amines is 2. The zero-order valence-electron chi connectivity index (χ0n) is 20.7. The maximum absolute atomic E-state index is 11.4. The van der Waals surface area contributed by atoms with Crippen molar-refractivity contribution in [3.05, 3.63) is 94.4 Å². The smallest absolute Gasteiger partial charge is 0.267 e. The number of rotatable bonds is 9. The summed E-state index contributed by atoms with van der Waals surface area (Å²) in [5.74, 6) is 0.324. The lowest BCUT2D eigenvalue weighted by atomic mass is 10.0. The van der Waals surface area contributed by atoms with E-state index in [0.29, 0.717) is 6.04 Å². The monoisotopic (exact) mass is 484 g/mol. The largest absolute Gasteiger partial charge is 0.497 e. The first-order chi connectivity index (χ1) is 17.5. The van der Waals surface area contributed by atoms with Crippen LogP contribution in [0.1, 0.15) is 46.0 Å². The molecule has 1 atom stereocenters. The van der Waals surface area contributed by atoms with Gasteiger partial charge in [0.1, 0.15) is 5.75 Å². The molecular weight excluding hydrogens is 452 g/mol. The number of nitrogens with zero attached hydrogens (tertiary/aromatic N) is 1. The Morgan fingerprint density at radius 3 is 2.86 bits per heavy atom. The quantitative estimate of drug-likeness (QED) is 0.152. The summed E-state index contributed by atoms with van der Waals surface area (Å²) >= 11 is 0. The molecule has 0 aliphatic heterocycles. The highest BCUT2D eigenvalue weighted by atomic mass is 16.5. The van der Waals surface area contributed by atoms with Gasteiger partial charge in [-0.25, -0.2) is 5.48 Å². The fourth-order valence-corrected chi connectivity index (χ4v) is 5.29. The van der Waals surface area contributed by atoms with Gasteiger partial charge in [0.15, 0.2) is 0 Å². The van der Waals surface area contributed by atoms with Crippen molar-refractivity contribution in [3.63, 3.8) is 0 Å². The van der Waals surface area contributed by atoms with Crippen molar-refractivity contribution in [2.75, 3.05) is 13.7 Å². The number of hydrogen-bond donors (Lipinski definition) is 4. The zero-order valence-corrected chi connectivity index (χ0v) is 20.7. The minimum absolute atomic E-state index is 0.327. The third-order valence-electron chi connectivity index (χ3n) is 7.09. The van der Waals surface area contributed by atoms with Gasteiger partial charge in [0.05, 0.1) is 7.11 Å². The van der Waals surface area contributed by atoms with Crippen molar-refractivity contribution in [1.82, 2.24) is 20.3 Å². The van der Waals surface area contributed by atoms with E-state index in [1.54, 1.807) is 18.7 Å². The molecule has 1 aliphatic rings. The van der Waals surface area contributed by atoms with Crippen LogP contribution in [0.3, 0.4) is 0 Å². The van der Waals surface area contributed by atoms with E-state index in [1.165, 1.54) is 39.4 Å². The van der Waals surface area contributed by atoms with Gasteiger partial charge in [-0.15, -0.1) is 0 Å². The van der Waals surface area contributed by atoms with Crippen LogP contribution in [0.5, 0.6) is 5.75 Å². The molecule has 2 aromatic heterocycles. The van der Waals surface area contributed by atoms with Gasteiger partial charge in [-0.05, 0) is 78.3 Å². The van der Waals surface area contributed by atoms with E-state index < -0.39 is 5.91 Å². The molecule has 0 radical (unpaired) electrons. The summed E-state index contributed by atoms with van der Waals surface area (Å²) in [4.78, 5) is 20.8. The molecule has 0 fully saturated rings. The number of aromatic nitrogens is 2. The third-order valence-corrected chi connectivity index (χ3v) is 7.09. The second kappa shape index (κ2) is 10.4. The van der Waals surface area contributed by atoms with Crippen LogP contribution in [-0.2, 0) is 24.2 Å². The Bertz CT molecular complexity index is 1400. The van der Waals surface area contributed by atoms with Gasteiger partial charge in [-0.1, -0.05) is 18.2 Å². The predicted molar refractivity (Wildman–Crippen MR) is 141 cm³/mol. The minimum Gasteiger partial charge on any atom is -0.497 e. The first kappa shape index (κ1) is 23.9. The highest BCUT2D eigenvalue weighted by molar-refractivity contribution is 5.90. The molecule has 1 aliphatic carbocycles. The molecule has 186 valence electrons. The molecule has 0 bridgehead atoms. The second-order valence-electron chi connectivity index (χ2n) is 9.47. The van der Waals surface area contributed by atoms with Gasteiger partial charge in [0.2, 0.25) is 0 Å². The molecule has 5 rings (SSSR count). The zero-order chi connectivity index (χ0) is 25.1. The van der Waals surface area contributed by atoms with Crippen molar-refractivity contribution in [1.29, 1.82) is 0 Å². The van der Waals surface area contributed by atoms with E-state index in [1.807, 2.05) is 18.2 Å². The van der Waals surface area contributed by atoms with Crippen LogP contribution in [0.4, 0.5) is 0 Å². The van der Waals surface area contributed by atoms with Crippen molar-refractivity contribution < 1.29 is 14.7 Å². The maximum Gasteiger partial charge on any atom is 0.267 e. The average molecular weight is 485 g/mol. The fourth-order valence-electron chi connectivity index (χ4n) is 5.29. The van der Waals surface area contributed by atoms with Crippen molar-refractivity contribution in [2.45, 2.75) is 38.8 Å². The standard InChI is InChI=1S/C29H32N4O3/c1-19-13-23(30-16-19)18-33(12-11-22-17-31-27-15-24(36-2)6-8-25(22)27)28-9-5-21-14-20(3-7-26(21)28)4-10-29(34)32-35/h3-4,6-8,10,13-17,28,30-31,35H,5,9,11-12,18H2,1-2H3,(H,32,34). The lowest BCUT2D eigenvalue weighted by molar-refractivity contribution is -0.124. The normalized spacial score (nSPS) is 15.2. The SMILES string of the molecule is COc1ccc2c(CCN(Cc3cc(C)c[nH]3)C3CCc4cc(C=CC(=O)NO)ccc43)c[nH]c2c1. The number of methoxy groups -OCH3 is 1. The van der Waals surface area contributed by atoms with Crippen molar-refractivity contribution in [2.24, 2.45) is 0 Å². The van der Waals surface area contributed by atoms with E-state index >= 15 is 0 Å².